The van der Waals surface area contributed by atoms with Crippen molar-refractivity contribution in [3.05, 3.63) is 65.2 Å². The van der Waals surface area contributed by atoms with Gasteiger partial charge in [0.1, 0.15) is 5.82 Å². The Morgan fingerprint density at radius 3 is 2.54 bits per heavy atom. The molecule has 1 aromatic carbocycles. The van der Waals surface area contributed by atoms with Crippen LogP contribution in [-0.4, -0.2) is 40.0 Å². The number of likely N-dealkylation sites (tertiary alicyclic amines) is 1. The van der Waals surface area contributed by atoms with Crippen molar-refractivity contribution in [3.8, 4) is 0 Å². The van der Waals surface area contributed by atoms with Crippen LogP contribution in [-0.2, 0) is 4.79 Å². The molecule has 3 rings (SSSR count). The van der Waals surface area contributed by atoms with Crippen LogP contribution in [0.1, 0.15) is 27.4 Å². The monoisotopic (exact) mass is 328 g/mol. The van der Waals surface area contributed by atoms with Gasteiger partial charge >= 0.3 is 5.97 Å². The van der Waals surface area contributed by atoms with Gasteiger partial charge in [0.2, 0.25) is 0 Å². The number of carbonyl (C=O) groups is 2. The lowest BCUT2D eigenvalue weighted by molar-refractivity contribution is -0.141. The molecule has 1 aliphatic rings. The van der Waals surface area contributed by atoms with Crippen LogP contribution in [0.5, 0.6) is 0 Å². The van der Waals surface area contributed by atoms with Gasteiger partial charge < -0.3 is 10.0 Å². The van der Waals surface area contributed by atoms with Crippen molar-refractivity contribution in [1.82, 2.24) is 9.88 Å². The van der Waals surface area contributed by atoms with Gasteiger partial charge in [0, 0.05) is 37.0 Å². The van der Waals surface area contributed by atoms with Crippen molar-refractivity contribution in [3.63, 3.8) is 0 Å². The van der Waals surface area contributed by atoms with Crippen LogP contribution in [0.4, 0.5) is 4.39 Å². The number of carbonyl (C=O) groups excluding carboxylic acids is 1. The molecular weight excluding hydrogens is 311 g/mol. The first-order chi connectivity index (χ1) is 11.5. The van der Waals surface area contributed by atoms with Crippen molar-refractivity contribution in [2.45, 2.75) is 12.8 Å². The topological polar surface area (TPSA) is 70.5 Å². The number of aliphatic carboxylic acids is 1. The van der Waals surface area contributed by atoms with Gasteiger partial charge in [-0.05, 0) is 42.3 Å². The van der Waals surface area contributed by atoms with Gasteiger partial charge in [0.15, 0.2) is 0 Å². The average molecular weight is 328 g/mol. The first-order valence-corrected chi connectivity index (χ1v) is 7.65. The number of aromatic nitrogens is 1. The number of carboxylic acid groups (broad SMARTS) is 1. The molecule has 1 N–H and O–H groups in total. The zero-order chi connectivity index (χ0) is 17.3. The van der Waals surface area contributed by atoms with E-state index in [1.54, 1.807) is 43.6 Å². The zero-order valence-corrected chi connectivity index (χ0v) is 13.1. The van der Waals surface area contributed by atoms with E-state index in [0.29, 0.717) is 5.56 Å². The van der Waals surface area contributed by atoms with Gasteiger partial charge in [-0.15, -0.1) is 0 Å². The second-order valence-electron chi connectivity index (χ2n) is 6.01. The maximum atomic E-state index is 13.7. The highest BCUT2D eigenvalue weighted by molar-refractivity contribution is 5.95. The molecule has 6 heteroatoms. The molecule has 1 fully saturated rings. The summed E-state index contributed by atoms with van der Waals surface area (Å²) >= 11 is 0. The number of benzene rings is 1. The molecule has 0 bridgehead atoms. The Hall–Kier alpha value is -2.76. The third kappa shape index (κ3) is 2.99. The molecule has 0 aliphatic carbocycles. The maximum absolute atomic E-state index is 13.7. The third-order valence-electron chi connectivity index (χ3n) is 4.48. The van der Waals surface area contributed by atoms with Gasteiger partial charge in [0.05, 0.1) is 5.92 Å². The molecule has 0 saturated carbocycles. The summed E-state index contributed by atoms with van der Waals surface area (Å²) in [5.74, 6) is -2.73. The van der Waals surface area contributed by atoms with Crippen LogP contribution >= 0.6 is 0 Å². The fourth-order valence-corrected chi connectivity index (χ4v) is 3.08. The molecular formula is C18H17FN2O3. The minimum atomic E-state index is -0.942. The summed E-state index contributed by atoms with van der Waals surface area (Å²) in [5.41, 5.74) is 1.53. The smallest absolute Gasteiger partial charge is 0.308 e. The third-order valence-corrected chi connectivity index (χ3v) is 4.48. The SMILES string of the molecule is Cc1ccc(C(=O)N2C[C@@H](C(=O)O)[C@H](c3ccncc3)C2)cc1F. The summed E-state index contributed by atoms with van der Waals surface area (Å²) in [6.45, 7) is 2.02. The molecule has 0 spiro atoms. The Labute approximate surface area is 138 Å². The molecule has 24 heavy (non-hydrogen) atoms. The number of nitrogens with zero attached hydrogens (tertiary/aromatic N) is 2. The molecule has 0 unspecified atom stereocenters. The first-order valence-electron chi connectivity index (χ1n) is 7.65. The van der Waals surface area contributed by atoms with Gasteiger partial charge in [-0.3, -0.25) is 14.6 Å². The highest BCUT2D eigenvalue weighted by Gasteiger charge is 2.40. The van der Waals surface area contributed by atoms with E-state index >= 15 is 0 Å². The predicted molar refractivity (Wildman–Crippen MR) is 85.1 cm³/mol. The Bertz CT molecular complexity index is 779. The van der Waals surface area contributed by atoms with Crippen LogP contribution in [0.2, 0.25) is 0 Å². The second kappa shape index (κ2) is 6.39. The standard InChI is InChI=1S/C18H17FN2O3/c1-11-2-3-13(8-16(11)19)17(22)21-9-14(15(10-21)18(23)24)12-4-6-20-7-5-12/h2-8,14-15H,9-10H2,1H3,(H,23,24)/t14-,15+/m0/s1. The molecule has 2 heterocycles. The molecule has 1 aromatic heterocycles. The van der Waals surface area contributed by atoms with Crippen molar-refractivity contribution >= 4 is 11.9 Å². The van der Waals surface area contributed by atoms with Crippen molar-refractivity contribution in [1.29, 1.82) is 0 Å². The quantitative estimate of drug-likeness (QED) is 0.939. The molecule has 1 saturated heterocycles. The second-order valence-corrected chi connectivity index (χ2v) is 6.01. The van der Waals surface area contributed by atoms with Gasteiger partial charge in [-0.2, -0.15) is 0 Å². The van der Waals surface area contributed by atoms with E-state index in [0.717, 1.165) is 5.56 Å². The Morgan fingerprint density at radius 1 is 1.21 bits per heavy atom. The summed E-state index contributed by atoms with van der Waals surface area (Å²) in [6.07, 6.45) is 3.21. The van der Waals surface area contributed by atoms with Crippen LogP contribution in [0.25, 0.3) is 0 Å². The predicted octanol–water partition coefficient (Wildman–Crippen LogP) is 2.47. The molecule has 5 nitrogen and oxygen atoms in total. The van der Waals surface area contributed by atoms with Crippen LogP contribution in [0, 0.1) is 18.7 Å². The van der Waals surface area contributed by atoms with E-state index in [1.807, 2.05) is 0 Å². The first kappa shape index (κ1) is 16.1. The zero-order valence-electron chi connectivity index (χ0n) is 13.1. The van der Waals surface area contributed by atoms with E-state index in [2.05, 4.69) is 4.98 Å². The number of hydrogen-bond donors (Lipinski definition) is 1. The van der Waals surface area contributed by atoms with E-state index < -0.39 is 17.7 Å². The highest BCUT2D eigenvalue weighted by Crippen LogP contribution is 2.33. The lowest BCUT2D eigenvalue weighted by Crippen LogP contribution is -2.30. The number of rotatable bonds is 3. The van der Waals surface area contributed by atoms with E-state index in [1.165, 1.54) is 11.0 Å². The van der Waals surface area contributed by atoms with Crippen molar-refractivity contribution in [2.24, 2.45) is 5.92 Å². The largest absolute Gasteiger partial charge is 0.481 e. The average Bonchev–Trinajstić information content (AvgIpc) is 3.03. The van der Waals surface area contributed by atoms with Crippen molar-refractivity contribution in [2.75, 3.05) is 13.1 Å². The molecule has 2 aromatic rings. The summed E-state index contributed by atoms with van der Waals surface area (Å²) in [5, 5.41) is 9.48. The van der Waals surface area contributed by atoms with Crippen LogP contribution in [0.3, 0.4) is 0 Å². The highest BCUT2D eigenvalue weighted by atomic mass is 19.1. The number of halogens is 1. The molecule has 1 amide bonds. The fraction of sp³-hybridized carbons (Fsp3) is 0.278. The molecule has 1 aliphatic heterocycles. The van der Waals surface area contributed by atoms with E-state index in [4.69, 9.17) is 0 Å². The number of amides is 1. The van der Waals surface area contributed by atoms with E-state index in [-0.39, 0.29) is 30.5 Å². The number of carboxylic acids is 1. The van der Waals surface area contributed by atoms with Gasteiger partial charge in [0.25, 0.3) is 5.91 Å². The minimum absolute atomic E-state index is 0.108. The lowest BCUT2D eigenvalue weighted by atomic mass is 9.90. The fourth-order valence-electron chi connectivity index (χ4n) is 3.08. The van der Waals surface area contributed by atoms with Crippen LogP contribution in [0.15, 0.2) is 42.7 Å². The maximum Gasteiger partial charge on any atom is 0.308 e. The summed E-state index contributed by atoms with van der Waals surface area (Å²) in [4.78, 5) is 29.6. The van der Waals surface area contributed by atoms with E-state index in [9.17, 15) is 19.1 Å². The minimum Gasteiger partial charge on any atom is -0.481 e. The normalized spacial score (nSPS) is 20.2. The summed E-state index contributed by atoms with van der Waals surface area (Å²) in [6, 6.07) is 7.84. The van der Waals surface area contributed by atoms with Crippen molar-refractivity contribution < 1.29 is 19.1 Å². The summed E-state index contributed by atoms with van der Waals surface area (Å²) in [7, 11) is 0. The van der Waals surface area contributed by atoms with Crippen LogP contribution < -0.4 is 0 Å². The Kier molecular flexibility index (Phi) is 4.29. The Balaban J connectivity index is 1.86. The Morgan fingerprint density at radius 2 is 1.92 bits per heavy atom. The summed E-state index contributed by atoms with van der Waals surface area (Å²) < 4.78 is 13.7. The number of hydrogen-bond acceptors (Lipinski definition) is 3. The number of pyridine rings is 1. The molecule has 2 atom stereocenters. The lowest BCUT2D eigenvalue weighted by Gasteiger charge is -2.17. The molecule has 124 valence electrons. The number of aryl methyl sites for hydroxylation is 1. The van der Waals surface area contributed by atoms with Gasteiger partial charge in [-0.25, -0.2) is 4.39 Å². The van der Waals surface area contributed by atoms with Gasteiger partial charge in [-0.1, -0.05) is 6.07 Å². The molecule has 0 radical (unpaired) electrons.